The number of H-pyrrole nitrogens is 1. The monoisotopic (exact) mass is 195 g/mol. The first-order valence-electron chi connectivity index (χ1n) is 4.67. The van der Waals surface area contributed by atoms with Crippen molar-refractivity contribution in [1.82, 2.24) is 25.5 Å². The number of carbonyl (C=O) groups excluding carboxylic acids is 1. The van der Waals surface area contributed by atoms with Gasteiger partial charge in [0, 0.05) is 13.6 Å². The lowest BCUT2D eigenvalue weighted by atomic mass is 10.3. The number of nitrogens with zero attached hydrogens (tertiary/aromatic N) is 4. The van der Waals surface area contributed by atoms with Crippen molar-refractivity contribution in [3.63, 3.8) is 0 Å². The number of amides is 1. The maximum Gasteiger partial charge on any atom is 0.295 e. The third-order valence-electron chi connectivity index (χ3n) is 2.67. The van der Waals surface area contributed by atoms with E-state index in [-0.39, 0.29) is 11.7 Å². The Morgan fingerprint density at radius 1 is 1.71 bits per heavy atom. The molecule has 1 saturated carbocycles. The second-order valence-corrected chi connectivity index (χ2v) is 3.89. The number of aromatic amines is 1. The third kappa shape index (κ3) is 1.73. The van der Waals surface area contributed by atoms with Crippen LogP contribution in [-0.2, 0) is 0 Å². The van der Waals surface area contributed by atoms with E-state index in [9.17, 15) is 4.79 Å². The zero-order valence-electron chi connectivity index (χ0n) is 8.27. The van der Waals surface area contributed by atoms with Gasteiger partial charge in [-0.05, 0) is 23.5 Å². The number of hydrogen-bond acceptors (Lipinski definition) is 4. The minimum absolute atomic E-state index is 0.140. The predicted octanol–water partition coefficient (Wildman–Crippen LogP) is -0.0723. The summed E-state index contributed by atoms with van der Waals surface area (Å²) >= 11 is 0. The number of hydrogen-bond donors (Lipinski definition) is 1. The Morgan fingerprint density at radius 3 is 2.93 bits per heavy atom. The van der Waals surface area contributed by atoms with Crippen molar-refractivity contribution >= 4 is 5.91 Å². The molecule has 0 spiro atoms. The zero-order valence-corrected chi connectivity index (χ0v) is 8.27. The van der Waals surface area contributed by atoms with Crippen molar-refractivity contribution < 1.29 is 4.79 Å². The summed E-state index contributed by atoms with van der Waals surface area (Å²) in [5.74, 6) is 1.37. The quantitative estimate of drug-likeness (QED) is 0.732. The number of aromatic nitrogens is 4. The lowest BCUT2D eigenvalue weighted by Gasteiger charge is -2.14. The SMILES string of the molecule is CC1CC1CN(C)C(=O)c1nn[nH]n1. The molecule has 2 atom stereocenters. The van der Waals surface area contributed by atoms with E-state index in [0.29, 0.717) is 5.92 Å². The zero-order chi connectivity index (χ0) is 10.1. The average molecular weight is 195 g/mol. The van der Waals surface area contributed by atoms with Crippen LogP contribution in [0.3, 0.4) is 0 Å². The lowest BCUT2D eigenvalue weighted by Crippen LogP contribution is -2.30. The van der Waals surface area contributed by atoms with Gasteiger partial charge in [-0.1, -0.05) is 6.92 Å². The Balaban J connectivity index is 1.91. The smallest absolute Gasteiger partial charge is 0.295 e. The van der Waals surface area contributed by atoms with Crippen LogP contribution >= 0.6 is 0 Å². The molecule has 1 heterocycles. The van der Waals surface area contributed by atoms with E-state index < -0.39 is 0 Å². The van der Waals surface area contributed by atoms with Crippen LogP contribution < -0.4 is 0 Å². The van der Waals surface area contributed by atoms with E-state index >= 15 is 0 Å². The van der Waals surface area contributed by atoms with Crippen molar-refractivity contribution in [3.05, 3.63) is 5.82 Å². The van der Waals surface area contributed by atoms with Gasteiger partial charge in [0.15, 0.2) is 0 Å². The largest absolute Gasteiger partial charge is 0.339 e. The Morgan fingerprint density at radius 2 is 2.43 bits per heavy atom. The van der Waals surface area contributed by atoms with Gasteiger partial charge in [0.25, 0.3) is 11.7 Å². The summed E-state index contributed by atoms with van der Waals surface area (Å²) in [7, 11) is 1.77. The molecule has 0 saturated heterocycles. The predicted molar refractivity (Wildman–Crippen MR) is 48.4 cm³/mol. The highest BCUT2D eigenvalue weighted by Crippen LogP contribution is 2.37. The topological polar surface area (TPSA) is 74.8 Å². The van der Waals surface area contributed by atoms with Crippen molar-refractivity contribution in [2.24, 2.45) is 11.8 Å². The molecule has 1 N–H and O–H groups in total. The van der Waals surface area contributed by atoms with E-state index in [1.54, 1.807) is 11.9 Å². The van der Waals surface area contributed by atoms with Crippen molar-refractivity contribution in [1.29, 1.82) is 0 Å². The van der Waals surface area contributed by atoms with Crippen LogP contribution in [0, 0.1) is 11.8 Å². The molecule has 76 valence electrons. The average Bonchev–Trinajstić information content (AvgIpc) is 2.72. The molecule has 6 nitrogen and oxygen atoms in total. The molecule has 1 aromatic heterocycles. The fourth-order valence-corrected chi connectivity index (χ4v) is 1.51. The number of carbonyl (C=O) groups is 1. The normalized spacial score (nSPS) is 24.7. The summed E-state index contributed by atoms with van der Waals surface area (Å²) in [6.07, 6.45) is 1.21. The van der Waals surface area contributed by atoms with Crippen LogP contribution in [0.2, 0.25) is 0 Å². The molecule has 1 aliphatic rings. The molecule has 14 heavy (non-hydrogen) atoms. The standard InChI is InChI=1S/C8H13N5O/c1-5-3-6(5)4-13(2)8(14)7-9-11-12-10-7/h5-6H,3-4H2,1-2H3,(H,9,10,11,12). The van der Waals surface area contributed by atoms with Crippen LogP contribution in [0.1, 0.15) is 24.0 Å². The Hall–Kier alpha value is -1.46. The highest BCUT2D eigenvalue weighted by molar-refractivity contribution is 5.89. The first kappa shape index (κ1) is 9.11. The molecule has 0 aromatic carbocycles. The van der Waals surface area contributed by atoms with Crippen molar-refractivity contribution in [2.75, 3.05) is 13.6 Å². The fourth-order valence-electron chi connectivity index (χ4n) is 1.51. The van der Waals surface area contributed by atoms with Crippen LogP contribution in [0.5, 0.6) is 0 Å². The van der Waals surface area contributed by atoms with Gasteiger partial charge < -0.3 is 4.90 Å². The molecule has 1 fully saturated rings. The van der Waals surface area contributed by atoms with E-state index in [4.69, 9.17) is 0 Å². The summed E-state index contributed by atoms with van der Waals surface area (Å²) in [5.41, 5.74) is 0. The Bertz CT molecular complexity index is 322. The number of nitrogens with one attached hydrogen (secondary N) is 1. The molecular formula is C8H13N5O. The molecule has 6 heteroatoms. The first-order chi connectivity index (χ1) is 6.68. The summed E-state index contributed by atoms with van der Waals surface area (Å²) in [6.45, 7) is 2.98. The van der Waals surface area contributed by atoms with Gasteiger partial charge in [0.1, 0.15) is 0 Å². The van der Waals surface area contributed by atoms with Gasteiger partial charge >= 0.3 is 0 Å². The number of tetrazole rings is 1. The van der Waals surface area contributed by atoms with E-state index in [2.05, 4.69) is 27.5 Å². The van der Waals surface area contributed by atoms with Gasteiger partial charge in [-0.2, -0.15) is 5.21 Å². The molecule has 1 aromatic rings. The molecule has 0 aliphatic heterocycles. The van der Waals surface area contributed by atoms with Crippen LogP contribution in [0.25, 0.3) is 0 Å². The Kier molecular flexibility index (Phi) is 2.18. The van der Waals surface area contributed by atoms with Crippen molar-refractivity contribution in [3.8, 4) is 0 Å². The highest BCUT2D eigenvalue weighted by Gasteiger charge is 2.34. The van der Waals surface area contributed by atoms with Gasteiger partial charge in [0.05, 0.1) is 0 Å². The minimum Gasteiger partial charge on any atom is -0.339 e. The molecular weight excluding hydrogens is 182 g/mol. The van der Waals surface area contributed by atoms with Gasteiger partial charge in [-0.3, -0.25) is 4.79 Å². The van der Waals surface area contributed by atoms with Crippen molar-refractivity contribution in [2.45, 2.75) is 13.3 Å². The van der Waals surface area contributed by atoms with E-state index in [0.717, 1.165) is 12.5 Å². The maximum absolute atomic E-state index is 11.6. The summed E-state index contributed by atoms with van der Waals surface area (Å²) in [6, 6.07) is 0. The molecule has 0 radical (unpaired) electrons. The molecule has 0 bridgehead atoms. The molecule has 1 aliphatic carbocycles. The summed E-state index contributed by atoms with van der Waals surface area (Å²) in [4.78, 5) is 13.3. The van der Waals surface area contributed by atoms with Crippen LogP contribution in [-0.4, -0.2) is 45.0 Å². The van der Waals surface area contributed by atoms with Crippen LogP contribution in [0.15, 0.2) is 0 Å². The van der Waals surface area contributed by atoms with Gasteiger partial charge in [0.2, 0.25) is 0 Å². The highest BCUT2D eigenvalue weighted by atomic mass is 16.2. The summed E-state index contributed by atoms with van der Waals surface area (Å²) in [5, 5.41) is 12.9. The Labute approximate surface area is 81.7 Å². The fraction of sp³-hybridized carbons (Fsp3) is 0.750. The second kappa shape index (κ2) is 3.36. The molecule has 2 rings (SSSR count). The molecule has 2 unspecified atom stereocenters. The number of rotatable bonds is 3. The molecule has 1 amide bonds. The second-order valence-electron chi connectivity index (χ2n) is 3.89. The third-order valence-corrected chi connectivity index (χ3v) is 2.67. The van der Waals surface area contributed by atoms with Gasteiger partial charge in [-0.25, -0.2) is 0 Å². The van der Waals surface area contributed by atoms with Gasteiger partial charge in [-0.15, -0.1) is 10.2 Å². The van der Waals surface area contributed by atoms with Crippen LogP contribution in [0.4, 0.5) is 0 Å². The first-order valence-corrected chi connectivity index (χ1v) is 4.67. The van der Waals surface area contributed by atoms with E-state index in [1.807, 2.05) is 0 Å². The van der Waals surface area contributed by atoms with E-state index in [1.165, 1.54) is 6.42 Å². The minimum atomic E-state index is -0.169. The summed E-state index contributed by atoms with van der Waals surface area (Å²) < 4.78 is 0. The maximum atomic E-state index is 11.6. The lowest BCUT2D eigenvalue weighted by molar-refractivity contribution is 0.0775.